The van der Waals surface area contributed by atoms with Crippen LogP contribution >= 0.6 is 0 Å². The fourth-order valence-electron chi connectivity index (χ4n) is 4.44. The van der Waals surface area contributed by atoms with Crippen molar-refractivity contribution >= 4 is 40.9 Å². The van der Waals surface area contributed by atoms with Crippen molar-refractivity contribution in [3.8, 4) is 0 Å². The molecule has 13 heteroatoms. The van der Waals surface area contributed by atoms with E-state index in [0.717, 1.165) is 0 Å². The summed E-state index contributed by atoms with van der Waals surface area (Å²) in [5, 5.41) is 16.2. The van der Waals surface area contributed by atoms with Crippen LogP contribution in [0.2, 0.25) is 0 Å². The van der Waals surface area contributed by atoms with Gasteiger partial charge in [0.1, 0.15) is 5.82 Å². The van der Waals surface area contributed by atoms with E-state index >= 15 is 0 Å². The third kappa shape index (κ3) is 5.04. The van der Waals surface area contributed by atoms with Gasteiger partial charge < -0.3 is 20.3 Å². The molecule has 1 saturated heterocycles. The highest BCUT2D eigenvalue weighted by molar-refractivity contribution is 6.04. The zero-order valence-corrected chi connectivity index (χ0v) is 19.8. The molecule has 190 valence electrons. The molecule has 0 bridgehead atoms. The minimum absolute atomic E-state index is 0.0121. The molecule has 2 aliphatic heterocycles. The average molecular weight is 498 g/mol. The fourth-order valence-corrected chi connectivity index (χ4v) is 4.44. The van der Waals surface area contributed by atoms with Crippen molar-refractivity contribution in [2.75, 3.05) is 35.2 Å². The van der Waals surface area contributed by atoms with Gasteiger partial charge in [0.2, 0.25) is 17.8 Å². The number of nitrogens with one attached hydrogen (secondary N) is 3. The van der Waals surface area contributed by atoms with Crippen LogP contribution in [-0.4, -0.2) is 52.4 Å². The van der Waals surface area contributed by atoms with E-state index in [2.05, 4.69) is 20.6 Å². The molecule has 4 rings (SSSR count). The minimum Gasteiger partial charge on any atom is -0.466 e. The molecule has 3 heterocycles. The number of ether oxygens (including phenoxy) is 1. The highest BCUT2D eigenvalue weighted by Crippen LogP contribution is 2.32. The molecular formula is C23H26N6O7. The van der Waals surface area contributed by atoms with Crippen LogP contribution in [0.4, 0.5) is 23.1 Å². The number of piperidine rings is 1. The Bertz CT molecular complexity index is 1280. The molecule has 13 nitrogen and oxygen atoms in total. The van der Waals surface area contributed by atoms with Gasteiger partial charge in [-0.3, -0.25) is 34.3 Å². The smallest absolute Gasteiger partial charge is 0.309 e. The Balaban J connectivity index is 1.54. The lowest BCUT2D eigenvalue weighted by molar-refractivity contribution is -0.384. The largest absolute Gasteiger partial charge is 0.466 e. The number of benzene rings is 1. The summed E-state index contributed by atoms with van der Waals surface area (Å²) in [6.45, 7) is 4.60. The number of nitrogens with zero attached hydrogens (tertiary/aromatic N) is 3. The van der Waals surface area contributed by atoms with Gasteiger partial charge in [-0.2, -0.15) is 4.98 Å². The van der Waals surface area contributed by atoms with E-state index in [1.807, 2.05) is 4.90 Å². The Morgan fingerprint density at radius 2 is 2.00 bits per heavy atom. The van der Waals surface area contributed by atoms with Crippen molar-refractivity contribution in [1.82, 2.24) is 9.97 Å². The summed E-state index contributed by atoms with van der Waals surface area (Å²) >= 11 is 0. The van der Waals surface area contributed by atoms with Crippen LogP contribution < -0.4 is 21.1 Å². The number of esters is 1. The summed E-state index contributed by atoms with van der Waals surface area (Å²) in [5.74, 6) is -2.36. The molecule has 2 aromatic rings. The van der Waals surface area contributed by atoms with Gasteiger partial charge in [0, 0.05) is 37.3 Å². The van der Waals surface area contributed by atoms with Gasteiger partial charge in [0.15, 0.2) is 0 Å². The van der Waals surface area contributed by atoms with Crippen molar-refractivity contribution in [2.24, 2.45) is 5.92 Å². The number of anilines is 3. The number of hydrogen-bond donors (Lipinski definition) is 3. The zero-order chi connectivity index (χ0) is 26.0. The summed E-state index contributed by atoms with van der Waals surface area (Å²) in [4.78, 5) is 69.8. The highest BCUT2D eigenvalue weighted by Gasteiger charge is 2.36. The van der Waals surface area contributed by atoms with Crippen LogP contribution in [0.25, 0.3) is 0 Å². The number of hydrogen-bond acceptors (Lipinski definition) is 9. The van der Waals surface area contributed by atoms with Crippen molar-refractivity contribution in [2.45, 2.75) is 39.0 Å². The number of carbonyl (C=O) groups excluding carboxylic acids is 3. The van der Waals surface area contributed by atoms with Crippen LogP contribution in [0.15, 0.2) is 23.0 Å². The molecule has 0 saturated carbocycles. The summed E-state index contributed by atoms with van der Waals surface area (Å²) in [6, 6.07) is 3.99. The van der Waals surface area contributed by atoms with Crippen molar-refractivity contribution in [3.63, 3.8) is 0 Å². The summed E-state index contributed by atoms with van der Waals surface area (Å²) in [5.41, 5.74) is 0.169. The highest BCUT2D eigenvalue weighted by atomic mass is 16.6. The van der Waals surface area contributed by atoms with E-state index in [0.29, 0.717) is 43.8 Å². The maximum Gasteiger partial charge on any atom is 0.309 e. The number of non-ortho nitro benzene ring substituents is 1. The summed E-state index contributed by atoms with van der Waals surface area (Å²) in [6.07, 6.45) is 0.817. The van der Waals surface area contributed by atoms with Crippen LogP contribution in [-0.2, 0) is 19.1 Å². The standard InChI is InChI=1S/C23H26N6O7/c1-3-36-22(33)13-6-8-28(9-7-13)23-26-19-18(21(32)27-23)15(11-17(30)25-19)20(31)24-16-5-4-14(29(34)35)10-12(16)2/h4-5,10,13,15H,3,6-9,11H2,1-2H3,(H,24,31)(H2,25,26,27,30,32)/t15-/m1/s1. The molecule has 3 N–H and O–H groups in total. The zero-order valence-electron chi connectivity index (χ0n) is 19.8. The molecule has 0 aliphatic carbocycles. The van der Waals surface area contributed by atoms with Gasteiger partial charge in [-0.15, -0.1) is 0 Å². The molecular weight excluding hydrogens is 472 g/mol. The Hall–Kier alpha value is -4.29. The molecule has 1 fully saturated rings. The maximum absolute atomic E-state index is 13.1. The van der Waals surface area contributed by atoms with Crippen LogP contribution in [0.3, 0.4) is 0 Å². The average Bonchev–Trinajstić information content (AvgIpc) is 2.84. The molecule has 0 radical (unpaired) electrons. The predicted octanol–water partition coefficient (Wildman–Crippen LogP) is 1.83. The third-order valence-electron chi connectivity index (χ3n) is 6.35. The van der Waals surface area contributed by atoms with E-state index in [-0.39, 0.29) is 41.3 Å². The van der Waals surface area contributed by atoms with Crippen LogP contribution in [0.5, 0.6) is 0 Å². The molecule has 0 spiro atoms. The number of aryl methyl sites for hydroxylation is 1. The van der Waals surface area contributed by atoms with Gasteiger partial charge in [-0.1, -0.05) is 0 Å². The minimum atomic E-state index is -1.09. The van der Waals surface area contributed by atoms with Crippen molar-refractivity contribution in [1.29, 1.82) is 0 Å². The van der Waals surface area contributed by atoms with Gasteiger partial charge in [-0.05, 0) is 38.3 Å². The molecule has 36 heavy (non-hydrogen) atoms. The number of fused-ring (bicyclic) bond motifs is 1. The second kappa shape index (κ2) is 10.1. The van der Waals surface area contributed by atoms with E-state index < -0.39 is 28.2 Å². The summed E-state index contributed by atoms with van der Waals surface area (Å²) in [7, 11) is 0. The molecule has 1 atom stereocenters. The first-order chi connectivity index (χ1) is 17.2. The second-order valence-electron chi connectivity index (χ2n) is 8.72. The number of amides is 2. The molecule has 1 aromatic carbocycles. The SMILES string of the molecule is CCOC(=O)C1CCN(c2nc3c(c(=O)[nH]2)[C@H](C(=O)Nc2ccc([N+](=O)[O-])cc2C)CC(=O)N3)CC1. The molecule has 0 unspecified atom stereocenters. The second-order valence-corrected chi connectivity index (χ2v) is 8.72. The van der Waals surface area contributed by atoms with Crippen molar-refractivity contribution in [3.05, 3.63) is 49.8 Å². The van der Waals surface area contributed by atoms with E-state index in [1.54, 1.807) is 13.8 Å². The molecule has 2 amide bonds. The first-order valence-corrected chi connectivity index (χ1v) is 11.6. The lowest BCUT2D eigenvalue weighted by Crippen LogP contribution is -2.41. The number of rotatable bonds is 6. The predicted molar refractivity (Wildman–Crippen MR) is 129 cm³/mol. The van der Waals surface area contributed by atoms with E-state index in [4.69, 9.17) is 4.74 Å². The number of nitro groups is 1. The van der Waals surface area contributed by atoms with Gasteiger partial charge in [-0.25, -0.2) is 0 Å². The van der Waals surface area contributed by atoms with Crippen molar-refractivity contribution < 1.29 is 24.0 Å². The lowest BCUT2D eigenvalue weighted by Gasteiger charge is -2.32. The first kappa shape index (κ1) is 24.8. The fraction of sp³-hybridized carbons (Fsp3) is 0.435. The number of H-pyrrole nitrogens is 1. The van der Waals surface area contributed by atoms with E-state index in [9.17, 15) is 29.3 Å². The topological polar surface area (TPSA) is 177 Å². The Morgan fingerprint density at radius 3 is 2.64 bits per heavy atom. The number of aromatic nitrogens is 2. The maximum atomic E-state index is 13.1. The number of carbonyl (C=O) groups is 3. The first-order valence-electron chi connectivity index (χ1n) is 11.6. The Labute approximate surface area is 205 Å². The monoisotopic (exact) mass is 498 g/mol. The van der Waals surface area contributed by atoms with Gasteiger partial charge in [0.05, 0.1) is 28.9 Å². The van der Waals surface area contributed by atoms with Gasteiger partial charge in [0.25, 0.3) is 11.2 Å². The normalized spacial score (nSPS) is 17.7. The third-order valence-corrected chi connectivity index (χ3v) is 6.35. The Kier molecular flexibility index (Phi) is 6.99. The number of aromatic amines is 1. The van der Waals surface area contributed by atoms with Crippen LogP contribution in [0.1, 0.15) is 43.2 Å². The molecule has 2 aliphatic rings. The van der Waals surface area contributed by atoms with E-state index in [1.165, 1.54) is 18.2 Å². The molecule has 1 aromatic heterocycles. The lowest BCUT2D eigenvalue weighted by atomic mass is 9.92. The number of nitro benzene ring substituents is 1. The van der Waals surface area contributed by atoms with Gasteiger partial charge >= 0.3 is 5.97 Å². The Morgan fingerprint density at radius 1 is 1.28 bits per heavy atom. The summed E-state index contributed by atoms with van der Waals surface area (Å²) < 4.78 is 5.08. The van der Waals surface area contributed by atoms with Crippen LogP contribution in [0, 0.1) is 23.0 Å². The quantitative estimate of drug-likeness (QED) is 0.304.